The fourth-order valence-corrected chi connectivity index (χ4v) is 3.62. The van der Waals surface area contributed by atoms with Crippen molar-refractivity contribution in [3.05, 3.63) is 46.2 Å². The number of carbonyl (C=O) groups is 1. The van der Waals surface area contributed by atoms with Gasteiger partial charge in [-0.2, -0.15) is 13.2 Å². The molecule has 30 heavy (non-hydrogen) atoms. The highest BCUT2D eigenvalue weighted by atomic mass is 35.5. The zero-order chi connectivity index (χ0) is 21.7. The van der Waals surface area contributed by atoms with Crippen molar-refractivity contribution >= 4 is 29.3 Å². The average molecular weight is 436 g/mol. The maximum atomic E-state index is 14.4. The van der Waals surface area contributed by atoms with Crippen molar-refractivity contribution in [2.45, 2.75) is 31.0 Å². The third kappa shape index (κ3) is 3.41. The van der Waals surface area contributed by atoms with E-state index in [9.17, 15) is 18.0 Å². The van der Waals surface area contributed by atoms with E-state index in [-0.39, 0.29) is 34.6 Å². The number of hydrogen-bond donors (Lipinski definition) is 2. The summed E-state index contributed by atoms with van der Waals surface area (Å²) in [4.78, 5) is 20.9. The molecule has 1 aromatic carbocycles. The molecule has 10 heteroatoms. The van der Waals surface area contributed by atoms with Gasteiger partial charge in [0.25, 0.3) is 0 Å². The van der Waals surface area contributed by atoms with Gasteiger partial charge in [-0.25, -0.2) is 14.8 Å². The molecular weight excluding hydrogens is 419 g/mol. The molecular formula is C20H17ClF3N5O. The second-order valence-corrected chi connectivity index (χ2v) is 7.72. The number of fused-ring (bicyclic) bond motifs is 1. The maximum absolute atomic E-state index is 14.4. The summed E-state index contributed by atoms with van der Waals surface area (Å²) in [5, 5.41) is 2.62. The Kier molecular flexibility index (Phi) is 4.77. The lowest BCUT2D eigenvalue weighted by Crippen LogP contribution is -2.59. The first-order chi connectivity index (χ1) is 14.1. The summed E-state index contributed by atoms with van der Waals surface area (Å²) in [6, 6.07) is 3.38. The Morgan fingerprint density at radius 1 is 1.40 bits per heavy atom. The molecule has 1 aliphatic heterocycles. The van der Waals surface area contributed by atoms with Crippen molar-refractivity contribution in [3.8, 4) is 11.8 Å². The summed E-state index contributed by atoms with van der Waals surface area (Å²) >= 11 is 6.37. The van der Waals surface area contributed by atoms with E-state index < -0.39 is 17.7 Å². The zero-order valence-corrected chi connectivity index (χ0v) is 16.6. The van der Waals surface area contributed by atoms with Crippen LogP contribution in [0.25, 0.3) is 0 Å². The number of anilines is 2. The van der Waals surface area contributed by atoms with Gasteiger partial charge in [-0.15, -0.1) is 0 Å². The van der Waals surface area contributed by atoms with Crippen molar-refractivity contribution in [2.24, 2.45) is 5.92 Å². The Labute approximate surface area is 175 Å². The number of nitrogens with zero attached hydrogens (tertiary/aromatic N) is 3. The van der Waals surface area contributed by atoms with E-state index in [4.69, 9.17) is 17.3 Å². The summed E-state index contributed by atoms with van der Waals surface area (Å²) in [5.74, 6) is 5.04. The molecule has 2 amide bonds. The molecule has 0 saturated heterocycles. The Hall–Kier alpha value is -2.99. The van der Waals surface area contributed by atoms with Gasteiger partial charge in [-0.05, 0) is 36.6 Å². The fourth-order valence-electron chi connectivity index (χ4n) is 3.39. The lowest BCUT2D eigenvalue weighted by atomic mass is 9.84. The van der Waals surface area contributed by atoms with E-state index in [0.29, 0.717) is 16.2 Å². The number of nitrogens with two attached hydrogens (primary N) is 1. The molecule has 2 heterocycles. The van der Waals surface area contributed by atoms with E-state index in [0.717, 1.165) is 19.9 Å². The number of rotatable bonds is 2. The average Bonchev–Trinajstić information content (AvgIpc) is 3.47. The highest BCUT2D eigenvalue weighted by molar-refractivity contribution is 6.31. The van der Waals surface area contributed by atoms with Crippen LogP contribution >= 0.6 is 11.6 Å². The number of amides is 2. The molecule has 156 valence electrons. The van der Waals surface area contributed by atoms with Crippen LogP contribution in [0.5, 0.6) is 0 Å². The minimum absolute atomic E-state index is 0.0157. The molecule has 0 unspecified atom stereocenters. The number of halogens is 4. The number of nitrogen functional groups attached to an aromatic ring is 1. The SMILES string of the molecule is CN1C(=O)Nc2cc(Cc3ccnc(N)n3)c(Cl)cc2[C@]1(C#CC1CC1)C(F)(F)F. The minimum atomic E-state index is -4.83. The predicted molar refractivity (Wildman–Crippen MR) is 106 cm³/mol. The molecule has 0 radical (unpaired) electrons. The monoisotopic (exact) mass is 435 g/mol. The third-order valence-electron chi connectivity index (χ3n) is 5.17. The maximum Gasteiger partial charge on any atom is 0.427 e. The highest BCUT2D eigenvalue weighted by Crippen LogP contribution is 2.49. The standard InChI is InChI=1S/C20H17ClF3N5O/c1-29-18(30)28-16-9-12(8-13-5-7-26-17(25)27-13)15(21)10-14(16)19(29,20(22,23)24)6-4-11-2-3-11/h5,7,9-11H,2-3,8H2,1H3,(H,28,30)(H2,25,26,27)/t19-/m1/s1. The van der Waals surface area contributed by atoms with Crippen LogP contribution in [-0.2, 0) is 12.0 Å². The first-order valence-electron chi connectivity index (χ1n) is 9.16. The molecule has 3 N–H and O–H groups in total. The molecule has 6 nitrogen and oxygen atoms in total. The molecule has 1 saturated carbocycles. The number of aromatic nitrogens is 2. The Morgan fingerprint density at radius 3 is 2.77 bits per heavy atom. The smallest absolute Gasteiger partial charge is 0.368 e. The van der Waals surface area contributed by atoms with Crippen LogP contribution in [0, 0.1) is 17.8 Å². The fraction of sp³-hybridized carbons (Fsp3) is 0.350. The molecule has 2 aromatic rings. The number of alkyl halides is 3. The van der Waals surface area contributed by atoms with Crippen LogP contribution in [0.4, 0.5) is 29.6 Å². The van der Waals surface area contributed by atoms with Gasteiger partial charge in [0.1, 0.15) is 0 Å². The first-order valence-corrected chi connectivity index (χ1v) is 9.54. The molecule has 0 spiro atoms. The molecule has 1 aliphatic carbocycles. The van der Waals surface area contributed by atoms with Crippen molar-refractivity contribution in [3.63, 3.8) is 0 Å². The highest BCUT2D eigenvalue weighted by Gasteiger charge is 2.62. The predicted octanol–water partition coefficient (Wildman–Crippen LogP) is 3.95. The van der Waals surface area contributed by atoms with Gasteiger partial charge in [0, 0.05) is 41.9 Å². The van der Waals surface area contributed by atoms with Crippen LogP contribution in [-0.4, -0.2) is 34.1 Å². The van der Waals surface area contributed by atoms with Gasteiger partial charge in [-0.1, -0.05) is 23.4 Å². The summed E-state index contributed by atoms with van der Waals surface area (Å²) in [6.07, 6.45) is -1.64. The second-order valence-electron chi connectivity index (χ2n) is 7.31. The quantitative estimate of drug-likeness (QED) is 0.699. The van der Waals surface area contributed by atoms with E-state index in [2.05, 4.69) is 27.1 Å². The van der Waals surface area contributed by atoms with Gasteiger partial charge in [-0.3, -0.25) is 4.90 Å². The molecule has 4 rings (SSSR count). The van der Waals surface area contributed by atoms with Crippen molar-refractivity contribution < 1.29 is 18.0 Å². The van der Waals surface area contributed by atoms with Crippen LogP contribution in [0.2, 0.25) is 5.02 Å². The van der Waals surface area contributed by atoms with Gasteiger partial charge in [0.2, 0.25) is 11.5 Å². The Bertz CT molecular complexity index is 1090. The van der Waals surface area contributed by atoms with E-state index in [1.807, 2.05) is 0 Å². The minimum Gasteiger partial charge on any atom is -0.368 e. The molecule has 1 aromatic heterocycles. The molecule has 1 fully saturated rings. The van der Waals surface area contributed by atoms with Gasteiger partial charge in [0.05, 0.1) is 5.69 Å². The number of hydrogen-bond acceptors (Lipinski definition) is 4. The van der Waals surface area contributed by atoms with Crippen molar-refractivity contribution in [1.82, 2.24) is 14.9 Å². The third-order valence-corrected chi connectivity index (χ3v) is 5.53. The molecule has 2 aliphatic rings. The van der Waals surface area contributed by atoms with Crippen LogP contribution in [0.1, 0.15) is 29.7 Å². The Morgan fingerprint density at radius 2 is 2.13 bits per heavy atom. The number of urea groups is 1. The van der Waals surface area contributed by atoms with E-state index >= 15 is 0 Å². The van der Waals surface area contributed by atoms with Gasteiger partial charge in [0.15, 0.2) is 0 Å². The topological polar surface area (TPSA) is 84.1 Å². The zero-order valence-electron chi connectivity index (χ0n) is 15.8. The number of nitrogens with one attached hydrogen (secondary N) is 1. The lowest BCUT2D eigenvalue weighted by molar-refractivity contribution is -0.203. The number of carbonyl (C=O) groups excluding carboxylic acids is 1. The summed E-state index contributed by atoms with van der Waals surface area (Å²) in [6.45, 7) is 0. The lowest BCUT2D eigenvalue weighted by Gasteiger charge is -2.43. The normalized spacial score (nSPS) is 20.8. The largest absolute Gasteiger partial charge is 0.427 e. The van der Waals surface area contributed by atoms with Crippen LogP contribution in [0.15, 0.2) is 24.4 Å². The molecule has 0 bridgehead atoms. The second kappa shape index (κ2) is 7.06. The van der Waals surface area contributed by atoms with Crippen molar-refractivity contribution in [1.29, 1.82) is 0 Å². The van der Waals surface area contributed by atoms with E-state index in [1.165, 1.54) is 18.3 Å². The van der Waals surface area contributed by atoms with Crippen LogP contribution < -0.4 is 11.1 Å². The van der Waals surface area contributed by atoms with E-state index in [1.54, 1.807) is 6.07 Å². The van der Waals surface area contributed by atoms with Gasteiger partial charge < -0.3 is 11.1 Å². The Balaban J connectivity index is 1.86. The summed E-state index contributed by atoms with van der Waals surface area (Å²) in [5.41, 5.74) is 3.64. The summed E-state index contributed by atoms with van der Waals surface area (Å²) in [7, 11) is 1.08. The van der Waals surface area contributed by atoms with Crippen molar-refractivity contribution in [2.75, 3.05) is 18.1 Å². The molecule has 1 atom stereocenters. The van der Waals surface area contributed by atoms with Gasteiger partial charge >= 0.3 is 12.2 Å². The number of benzene rings is 1. The summed E-state index contributed by atoms with van der Waals surface area (Å²) < 4.78 is 43.2. The first kappa shape index (κ1) is 20.3. The van der Waals surface area contributed by atoms with Crippen LogP contribution in [0.3, 0.4) is 0 Å².